The predicted molar refractivity (Wildman–Crippen MR) is 68.0 cm³/mol. The number of primary amides is 1. The van der Waals surface area contributed by atoms with Gasteiger partial charge in [-0.2, -0.15) is 0 Å². The van der Waals surface area contributed by atoms with Crippen molar-refractivity contribution in [3.8, 4) is 0 Å². The van der Waals surface area contributed by atoms with E-state index in [9.17, 15) is 14.0 Å². The van der Waals surface area contributed by atoms with Crippen molar-refractivity contribution in [2.45, 2.75) is 6.04 Å². The monoisotopic (exact) mass is 266 g/mol. The Morgan fingerprint density at radius 2 is 2.26 bits per heavy atom. The molecule has 0 aromatic heterocycles. The van der Waals surface area contributed by atoms with Crippen molar-refractivity contribution in [1.82, 2.24) is 10.2 Å². The van der Waals surface area contributed by atoms with Gasteiger partial charge < -0.3 is 21.3 Å². The van der Waals surface area contributed by atoms with Crippen LogP contribution in [0.15, 0.2) is 24.3 Å². The van der Waals surface area contributed by atoms with Crippen molar-refractivity contribution in [3.63, 3.8) is 0 Å². The van der Waals surface area contributed by atoms with Crippen LogP contribution in [0.4, 0.5) is 14.9 Å². The summed E-state index contributed by atoms with van der Waals surface area (Å²) in [7, 11) is 0. The molecule has 4 N–H and O–H groups in total. The number of amides is 3. The number of hydrogen-bond acceptors (Lipinski definition) is 3. The molecule has 2 rings (SSSR count). The smallest absolute Gasteiger partial charge is 0.322 e. The van der Waals surface area contributed by atoms with E-state index < -0.39 is 23.8 Å². The minimum atomic E-state index is -0.692. The van der Waals surface area contributed by atoms with Gasteiger partial charge in [-0.15, -0.1) is 0 Å². The maximum Gasteiger partial charge on any atom is 0.322 e. The van der Waals surface area contributed by atoms with Crippen LogP contribution >= 0.6 is 0 Å². The molecule has 0 bridgehead atoms. The molecule has 102 valence electrons. The number of rotatable bonds is 2. The lowest BCUT2D eigenvalue weighted by Gasteiger charge is -2.34. The minimum absolute atomic E-state index is 0.325. The zero-order valence-corrected chi connectivity index (χ0v) is 10.2. The molecular weight excluding hydrogens is 251 g/mol. The summed E-state index contributed by atoms with van der Waals surface area (Å²) >= 11 is 0. The second-order valence-corrected chi connectivity index (χ2v) is 4.26. The third kappa shape index (κ3) is 3.19. The van der Waals surface area contributed by atoms with Gasteiger partial charge in [0.15, 0.2) is 0 Å². The summed E-state index contributed by atoms with van der Waals surface area (Å²) in [6.45, 7) is 1.28. The molecule has 1 aromatic rings. The average Bonchev–Trinajstić information content (AvgIpc) is 2.38. The molecule has 1 aromatic carbocycles. The van der Waals surface area contributed by atoms with Gasteiger partial charge >= 0.3 is 6.03 Å². The lowest BCUT2D eigenvalue weighted by molar-refractivity contribution is -0.122. The van der Waals surface area contributed by atoms with E-state index in [-0.39, 0.29) is 0 Å². The zero-order chi connectivity index (χ0) is 13.8. The summed E-state index contributed by atoms with van der Waals surface area (Å²) in [4.78, 5) is 24.7. The fourth-order valence-electron chi connectivity index (χ4n) is 1.96. The van der Waals surface area contributed by atoms with E-state index in [0.717, 1.165) is 0 Å². The molecule has 1 saturated heterocycles. The number of benzene rings is 1. The fourth-order valence-corrected chi connectivity index (χ4v) is 1.96. The van der Waals surface area contributed by atoms with Gasteiger partial charge in [-0.25, -0.2) is 9.18 Å². The van der Waals surface area contributed by atoms with E-state index in [1.165, 1.54) is 23.1 Å². The number of nitrogens with zero attached hydrogens (tertiary/aromatic N) is 1. The Labute approximate surface area is 109 Å². The van der Waals surface area contributed by atoms with E-state index >= 15 is 0 Å². The number of carbonyl (C=O) groups is 2. The van der Waals surface area contributed by atoms with Gasteiger partial charge in [-0.1, -0.05) is 6.07 Å². The van der Waals surface area contributed by atoms with E-state index in [2.05, 4.69) is 10.6 Å². The molecule has 1 unspecified atom stereocenters. The Hall–Kier alpha value is -2.15. The first kappa shape index (κ1) is 13.3. The summed E-state index contributed by atoms with van der Waals surface area (Å²) in [5.74, 6) is -1.01. The molecule has 1 heterocycles. The van der Waals surface area contributed by atoms with Crippen LogP contribution in [0.25, 0.3) is 0 Å². The molecule has 19 heavy (non-hydrogen) atoms. The molecule has 0 saturated carbocycles. The Kier molecular flexibility index (Phi) is 3.96. The van der Waals surface area contributed by atoms with Crippen molar-refractivity contribution < 1.29 is 14.0 Å². The van der Waals surface area contributed by atoms with E-state index in [1.54, 1.807) is 6.07 Å². The van der Waals surface area contributed by atoms with E-state index in [0.29, 0.717) is 25.3 Å². The number of piperazine rings is 1. The molecule has 0 radical (unpaired) electrons. The molecule has 6 nitrogen and oxygen atoms in total. The summed E-state index contributed by atoms with van der Waals surface area (Å²) in [6.07, 6.45) is 0. The highest BCUT2D eigenvalue weighted by molar-refractivity contribution is 5.93. The van der Waals surface area contributed by atoms with E-state index in [4.69, 9.17) is 5.73 Å². The Balaban J connectivity index is 2.07. The number of hydrogen-bond donors (Lipinski definition) is 3. The predicted octanol–water partition coefficient (Wildman–Crippen LogP) is 0.117. The van der Waals surface area contributed by atoms with Crippen LogP contribution in [0.5, 0.6) is 0 Å². The maximum absolute atomic E-state index is 13.0. The molecule has 1 aliphatic heterocycles. The fraction of sp³-hybridized carbons (Fsp3) is 0.333. The molecule has 7 heteroatoms. The summed E-state index contributed by atoms with van der Waals surface area (Å²) in [6, 6.07) is 4.40. The second kappa shape index (κ2) is 5.66. The number of urea groups is 1. The highest BCUT2D eigenvalue weighted by Gasteiger charge is 2.30. The van der Waals surface area contributed by atoms with Gasteiger partial charge in [0, 0.05) is 25.3 Å². The first-order chi connectivity index (χ1) is 9.08. The van der Waals surface area contributed by atoms with Gasteiger partial charge in [0.1, 0.15) is 11.9 Å². The minimum Gasteiger partial charge on any atom is -0.368 e. The van der Waals surface area contributed by atoms with Gasteiger partial charge in [0.2, 0.25) is 5.91 Å². The second-order valence-electron chi connectivity index (χ2n) is 4.26. The number of carbonyl (C=O) groups excluding carboxylic acids is 2. The molecule has 1 fully saturated rings. The standard InChI is InChI=1S/C12H15FN4O2/c13-8-2-1-3-9(6-8)16-12(19)17-5-4-15-7-10(17)11(14)18/h1-3,6,10,15H,4-5,7H2,(H2,14,18)(H,16,19). The van der Waals surface area contributed by atoms with Crippen LogP contribution in [0.2, 0.25) is 0 Å². The number of halogens is 1. The van der Waals surface area contributed by atoms with Crippen LogP contribution in [0.3, 0.4) is 0 Å². The SMILES string of the molecule is NC(=O)C1CNCCN1C(=O)Nc1cccc(F)c1. The average molecular weight is 266 g/mol. The molecule has 3 amide bonds. The Bertz CT molecular complexity index is 494. The summed E-state index contributed by atoms with van der Waals surface area (Å²) in [5.41, 5.74) is 5.59. The maximum atomic E-state index is 13.0. The molecular formula is C12H15FN4O2. The topological polar surface area (TPSA) is 87.5 Å². The summed E-state index contributed by atoms with van der Waals surface area (Å²) in [5, 5.41) is 5.54. The van der Waals surface area contributed by atoms with Crippen LogP contribution < -0.4 is 16.4 Å². The number of nitrogens with one attached hydrogen (secondary N) is 2. The first-order valence-corrected chi connectivity index (χ1v) is 5.91. The van der Waals surface area contributed by atoms with Crippen molar-refractivity contribution >= 4 is 17.6 Å². The molecule has 0 spiro atoms. The van der Waals surface area contributed by atoms with Crippen molar-refractivity contribution in [2.75, 3.05) is 25.0 Å². The highest BCUT2D eigenvalue weighted by Crippen LogP contribution is 2.12. The van der Waals surface area contributed by atoms with Gasteiger partial charge in [-0.05, 0) is 18.2 Å². The third-order valence-electron chi connectivity index (χ3n) is 2.91. The van der Waals surface area contributed by atoms with Crippen LogP contribution in [0.1, 0.15) is 0 Å². The van der Waals surface area contributed by atoms with Crippen LogP contribution in [-0.2, 0) is 4.79 Å². The highest BCUT2D eigenvalue weighted by atomic mass is 19.1. The normalized spacial score (nSPS) is 19.0. The van der Waals surface area contributed by atoms with Gasteiger partial charge in [-0.3, -0.25) is 4.79 Å². The zero-order valence-electron chi connectivity index (χ0n) is 10.2. The van der Waals surface area contributed by atoms with Crippen LogP contribution in [0, 0.1) is 5.82 Å². The lowest BCUT2D eigenvalue weighted by atomic mass is 10.2. The van der Waals surface area contributed by atoms with Crippen molar-refractivity contribution in [1.29, 1.82) is 0 Å². The molecule has 0 aliphatic carbocycles. The van der Waals surface area contributed by atoms with E-state index in [1.807, 2.05) is 0 Å². The number of anilines is 1. The third-order valence-corrected chi connectivity index (χ3v) is 2.91. The lowest BCUT2D eigenvalue weighted by Crippen LogP contribution is -2.59. The van der Waals surface area contributed by atoms with Crippen molar-refractivity contribution in [3.05, 3.63) is 30.1 Å². The Morgan fingerprint density at radius 3 is 2.95 bits per heavy atom. The first-order valence-electron chi connectivity index (χ1n) is 5.91. The van der Waals surface area contributed by atoms with Gasteiger partial charge in [0.25, 0.3) is 0 Å². The van der Waals surface area contributed by atoms with Crippen LogP contribution in [-0.4, -0.2) is 42.5 Å². The Morgan fingerprint density at radius 1 is 1.47 bits per heavy atom. The number of nitrogens with two attached hydrogens (primary N) is 1. The largest absolute Gasteiger partial charge is 0.368 e. The van der Waals surface area contributed by atoms with Crippen molar-refractivity contribution in [2.24, 2.45) is 5.73 Å². The molecule has 1 aliphatic rings. The quantitative estimate of drug-likeness (QED) is 0.710. The molecule has 1 atom stereocenters. The van der Waals surface area contributed by atoms with Gasteiger partial charge in [0.05, 0.1) is 0 Å². The summed E-state index contributed by atoms with van der Waals surface area (Å²) < 4.78 is 13.0.